The number of carbonyl (C=O) groups excluding carboxylic acids is 2. The second-order valence-corrected chi connectivity index (χ2v) is 9.64. The summed E-state index contributed by atoms with van der Waals surface area (Å²) in [5.41, 5.74) is 1.60. The molecule has 0 radical (unpaired) electrons. The molecule has 1 amide bonds. The number of nitrogens with zero attached hydrogens (tertiary/aromatic N) is 1. The molecule has 1 heterocycles. The monoisotopic (exact) mass is 480 g/mol. The molecule has 34 heavy (non-hydrogen) atoms. The molecule has 1 aliphatic heterocycles. The summed E-state index contributed by atoms with van der Waals surface area (Å²) in [4.78, 5) is 25.2. The van der Waals surface area contributed by atoms with Crippen LogP contribution in [0, 0.1) is 6.92 Å². The van der Waals surface area contributed by atoms with Crippen LogP contribution in [0.15, 0.2) is 77.7 Å². The maximum atomic E-state index is 13.1. The summed E-state index contributed by atoms with van der Waals surface area (Å²) in [6, 6.07) is 19.6. The lowest BCUT2D eigenvalue weighted by molar-refractivity contribution is 0.0727. The van der Waals surface area contributed by atoms with Gasteiger partial charge in [0, 0.05) is 30.4 Å². The molecule has 1 fully saturated rings. The highest BCUT2D eigenvalue weighted by Crippen LogP contribution is 2.24. The highest BCUT2D eigenvalue weighted by Gasteiger charge is 2.28. The Morgan fingerprint density at radius 3 is 2.38 bits per heavy atom. The highest BCUT2D eigenvalue weighted by atomic mass is 32.2. The van der Waals surface area contributed by atoms with E-state index in [4.69, 9.17) is 9.47 Å². The van der Waals surface area contributed by atoms with E-state index in [1.165, 1.54) is 22.5 Å². The van der Waals surface area contributed by atoms with Crippen molar-refractivity contribution in [3.05, 3.63) is 89.5 Å². The van der Waals surface area contributed by atoms with Gasteiger partial charge in [-0.2, -0.15) is 4.31 Å². The standard InChI is InChI=1S/C25H24N2O6S/c1-18-10-11-20(16-23(18)34(30,31)27-12-14-32-15-13-27)25(29)33-22-9-5-8-21(17-22)26-24(28)19-6-3-2-4-7-19/h2-11,16-17H,12-15H2,1H3,(H,26,28). The first-order valence-corrected chi connectivity index (χ1v) is 12.2. The van der Waals surface area contributed by atoms with E-state index in [2.05, 4.69) is 5.32 Å². The summed E-state index contributed by atoms with van der Waals surface area (Å²) in [6.45, 7) is 2.87. The van der Waals surface area contributed by atoms with E-state index in [1.54, 1.807) is 55.5 Å². The van der Waals surface area contributed by atoms with Crippen LogP contribution in [0.2, 0.25) is 0 Å². The number of hydrogen-bond donors (Lipinski definition) is 1. The summed E-state index contributed by atoms with van der Waals surface area (Å²) in [5.74, 6) is -0.778. The van der Waals surface area contributed by atoms with Crippen LogP contribution in [0.25, 0.3) is 0 Å². The Balaban J connectivity index is 1.50. The number of benzene rings is 3. The second-order valence-electron chi connectivity index (χ2n) is 7.73. The topological polar surface area (TPSA) is 102 Å². The van der Waals surface area contributed by atoms with Gasteiger partial charge in [-0.3, -0.25) is 4.79 Å². The zero-order valence-corrected chi connectivity index (χ0v) is 19.4. The number of carbonyl (C=O) groups is 2. The first-order valence-electron chi connectivity index (χ1n) is 10.7. The molecule has 3 aromatic carbocycles. The summed E-state index contributed by atoms with van der Waals surface area (Å²) in [7, 11) is -3.77. The van der Waals surface area contributed by atoms with Crippen molar-refractivity contribution >= 4 is 27.6 Å². The normalized spacial score (nSPS) is 14.4. The van der Waals surface area contributed by atoms with Gasteiger partial charge in [0.05, 0.1) is 23.7 Å². The molecule has 1 aliphatic rings. The number of hydrogen-bond acceptors (Lipinski definition) is 6. The lowest BCUT2D eigenvalue weighted by atomic mass is 10.1. The minimum Gasteiger partial charge on any atom is -0.423 e. The average molecular weight is 481 g/mol. The minimum absolute atomic E-state index is 0.0627. The number of amides is 1. The van der Waals surface area contributed by atoms with Gasteiger partial charge in [0.2, 0.25) is 10.0 Å². The Hall–Kier alpha value is -3.53. The molecule has 9 heteroatoms. The van der Waals surface area contributed by atoms with Gasteiger partial charge in [-0.1, -0.05) is 30.3 Å². The van der Waals surface area contributed by atoms with Gasteiger partial charge < -0.3 is 14.8 Å². The molecule has 4 rings (SSSR count). The molecule has 3 aromatic rings. The predicted octanol–water partition coefficient (Wildman–Crippen LogP) is 3.49. The minimum atomic E-state index is -3.77. The van der Waals surface area contributed by atoms with E-state index < -0.39 is 16.0 Å². The molecular formula is C25H24N2O6S. The van der Waals surface area contributed by atoms with Crippen LogP contribution in [0.1, 0.15) is 26.3 Å². The highest BCUT2D eigenvalue weighted by molar-refractivity contribution is 7.89. The van der Waals surface area contributed by atoms with E-state index in [1.807, 2.05) is 6.07 Å². The number of anilines is 1. The van der Waals surface area contributed by atoms with Crippen molar-refractivity contribution in [1.82, 2.24) is 4.31 Å². The van der Waals surface area contributed by atoms with Crippen LogP contribution in [-0.4, -0.2) is 50.9 Å². The van der Waals surface area contributed by atoms with Crippen LogP contribution in [0.5, 0.6) is 5.75 Å². The Labute approximate surface area is 198 Å². The molecular weight excluding hydrogens is 456 g/mol. The Morgan fingerprint density at radius 1 is 0.912 bits per heavy atom. The lowest BCUT2D eigenvalue weighted by Gasteiger charge is -2.26. The fraction of sp³-hybridized carbons (Fsp3) is 0.200. The summed E-state index contributed by atoms with van der Waals surface area (Å²) < 4.78 is 38.2. The summed E-state index contributed by atoms with van der Waals surface area (Å²) >= 11 is 0. The first-order chi connectivity index (χ1) is 16.3. The molecule has 1 N–H and O–H groups in total. The van der Waals surface area contributed by atoms with Gasteiger partial charge in [-0.15, -0.1) is 0 Å². The third kappa shape index (κ3) is 5.33. The van der Waals surface area contributed by atoms with Crippen molar-refractivity contribution in [1.29, 1.82) is 0 Å². The van der Waals surface area contributed by atoms with E-state index in [-0.39, 0.29) is 35.2 Å². The average Bonchev–Trinajstić information content (AvgIpc) is 2.85. The van der Waals surface area contributed by atoms with Crippen LogP contribution in [0.3, 0.4) is 0 Å². The zero-order valence-electron chi connectivity index (χ0n) is 18.6. The molecule has 0 aliphatic carbocycles. The van der Waals surface area contributed by atoms with Crippen molar-refractivity contribution in [2.75, 3.05) is 31.6 Å². The molecule has 0 aromatic heterocycles. The van der Waals surface area contributed by atoms with Gasteiger partial charge in [0.25, 0.3) is 5.91 Å². The molecule has 0 spiro atoms. The number of ether oxygens (including phenoxy) is 2. The number of rotatable bonds is 6. The maximum absolute atomic E-state index is 13.1. The van der Waals surface area contributed by atoms with Gasteiger partial charge in [0.1, 0.15) is 5.75 Å². The van der Waals surface area contributed by atoms with Crippen LogP contribution in [0.4, 0.5) is 5.69 Å². The number of morpholine rings is 1. The number of sulfonamides is 1. The van der Waals surface area contributed by atoms with Crippen molar-refractivity contribution in [2.24, 2.45) is 0 Å². The Morgan fingerprint density at radius 2 is 1.65 bits per heavy atom. The zero-order chi connectivity index (χ0) is 24.1. The first kappa shape index (κ1) is 23.6. The van der Waals surface area contributed by atoms with Crippen LogP contribution in [-0.2, 0) is 14.8 Å². The fourth-order valence-electron chi connectivity index (χ4n) is 3.53. The largest absolute Gasteiger partial charge is 0.423 e. The smallest absolute Gasteiger partial charge is 0.343 e. The van der Waals surface area contributed by atoms with Crippen molar-refractivity contribution in [3.63, 3.8) is 0 Å². The predicted molar refractivity (Wildman–Crippen MR) is 127 cm³/mol. The Bertz CT molecular complexity index is 1300. The molecule has 0 bridgehead atoms. The van der Waals surface area contributed by atoms with E-state index >= 15 is 0 Å². The van der Waals surface area contributed by atoms with Crippen molar-refractivity contribution in [2.45, 2.75) is 11.8 Å². The molecule has 0 saturated carbocycles. The lowest BCUT2D eigenvalue weighted by Crippen LogP contribution is -2.40. The van der Waals surface area contributed by atoms with Gasteiger partial charge in [0.15, 0.2) is 0 Å². The quantitative estimate of drug-likeness (QED) is 0.428. The summed E-state index contributed by atoms with van der Waals surface area (Å²) in [6.07, 6.45) is 0. The Kier molecular flexibility index (Phi) is 7.06. The maximum Gasteiger partial charge on any atom is 0.343 e. The van der Waals surface area contributed by atoms with Crippen molar-refractivity contribution < 1.29 is 27.5 Å². The van der Waals surface area contributed by atoms with Crippen LogP contribution < -0.4 is 10.1 Å². The van der Waals surface area contributed by atoms with E-state index in [9.17, 15) is 18.0 Å². The molecule has 1 saturated heterocycles. The molecule has 0 atom stereocenters. The fourth-order valence-corrected chi connectivity index (χ4v) is 5.19. The molecule has 0 unspecified atom stereocenters. The second kappa shape index (κ2) is 10.2. The summed E-state index contributed by atoms with van der Waals surface area (Å²) in [5, 5.41) is 2.76. The number of aryl methyl sites for hydroxylation is 1. The van der Waals surface area contributed by atoms with Gasteiger partial charge >= 0.3 is 5.97 Å². The van der Waals surface area contributed by atoms with Crippen LogP contribution >= 0.6 is 0 Å². The van der Waals surface area contributed by atoms with Gasteiger partial charge in [-0.05, 0) is 48.9 Å². The van der Waals surface area contributed by atoms with E-state index in [0.29, 0.717) is 30.0 Å². The number of esters is 1. The third-order valence-corrected chi connectivity index (χ3v) is 7.39. The molecule has 176 valence electrons. The third-order valence-electron chi connectivity index (χ3n) is 5.35. The number of nitrogens with one attached hydrogen (secondary N) is 1. The van der Waals surface area contributed by atoms with E-state index in [0.717, 1.165) is 0 Å². The van der Waals surface area contributed by atoms with Gasteiger partial charge in [-0.25, -0.2) is 13.2 Å². The molecule has 8 nitrogen and oxygen atoms in total. The van der Waals surface area contributed by atoms with Crippen molar-refractivity contribution in [3.8, 4) is 5.75 Å². The SMILES string of the molecule is Cc1ccc(C(=O)Oc2cccc(NC(=O)c3ccccc3)c2)cc1S(=O)(=O)N1CCOCC1.